The third-order valence-corrected chi connectivity index (χ3v) is 7.09. The molecule has 4 N–H and O–H groups in total. The molecule has 1 saturated carbocycles. The highest BCUT2D eigenvalue weighted by Gasteiger charge is 2.42. The number of nitrogens with two attached hydrogens (primary N) is 1. The van der Waals surface area contributed by atoms with E-state index in [0.717, 1.165) is 31.2 Å². The molecular formula is C26H31N3O4. The Morgan fingerprint density at radius 2 is 1.64 bits per heavy atom. The maximum Gasteiger partial charge on any atom is 0.335 e. The summed E-state index contributed by atoms with van der Waals surface area (Å²) in [6.45, 7) is 1.18. The van der Waals surface area contributed by atoms with Crippen molar-refractivity contribution in [3.8, 4) is 0 Å². The predicted molar refractivity (Wildman–Crippen MR) is 126 cm³/mol. The minimum atomic E-state index is -1.02. The highest BCUT2D eigenvalue weighted by atomic mass is 16.4. The van der Waals surface area contributed by atoms with Gasteiger partial charge in [-0.1, -0.05) is 30.3 Å². The maximum absolute atomic E-state index is 13.5. The molecule has 7 nitrogen and oxygen atoms in total. The molecule has 2 aromatic carbocycles. The van der Waals surface area contributed by atoms with Crippen LogP contribution in [0.3, 0.4) is 0 Å². The van der Waals surface area contributed by atoms with Gasteiger partial charge < -0.3 is 21.1 Å². The molecule has 2 fully saturated rings. The number of hydrogen-bond donors (Lipinski definition) is 3. The van der Waals surface area contributed by atoms with E-state index < -0.39 is 12.0 Å². The molecular weight excluding hydrogens is 418 g/mol. The van der Waals surface area contributed by atoms with Crippen LogP contribution in [0.1, 0.15) is 53.9 Å². The molecule has 1 aliphatic carbocycles. The Hall–Kier alpha value is -3.19. The van der Waals surface area contributed by atoms with Gasteiger partial charge in [-0.3, -0.25) is 9.59 Å². The summed E-state index contributed by atoms with van der Waals surface area (Å²) in [6, 6.07) is 15.5. The molecule has 174 valence electrons. The number of carbonyl (C=O) groups is 3. The van der Waals surface area contributed by atoms with Gasteiger partial charge in [0.1, 0.15) is 6.04 Å². The zero-order valence-corrected chi connectivity index (χ0v) is 18.7. The van der Waals surface area contributed by atoms with Crippen LogP contribution in [0.25, 0.3) is 0 Å². The van der Waals surface area contributed by atoms with Crippen molar-refractivity contribution < 1.29 is 19.5 Å². The number of rotatable bonds is 6. The Labute approximate surface area is 194 Å². The second-order valence-corrected chi connectivity index (χ2v) is 9.17. The standard InChI is InChI=1S/C26H31N3O4/c27-15-17-6-8-19(9-7-17)25(31)29-16-21(18-4-2-1-3-5-18)14-23(29)24(30)28-22-12-10-20(11-13-22)26(32)33/h1-5,10-13,17,19,21,23H,6-9,14-16,27H2,(H,28,30)(H,32,33)/t17-,19-,21-,23-/m0/s1. The van der Waals surface area contributed by atoms with Gasteiger partial charge in [0.05, 0.1) is 5.56 Å². The summed E-state index contributed by atoms with van der Waals surface area (Å²) in [4.78, 5) is 39.6. The molecule has 0 radical (unpaired) electrons. The van der Waals surface area contributed by atoms with Crippen molar-refractivity contribution >= 4 is 23.5 Å². The van der Waals surface area contributed by atoms with Crippen LogP contribution >= 0.6 is 0 Å². The lowest BCUT2D eigenvalue weighted by Gasteiger charge is -2.32. The zero-order valence-electron chi connectivity index (χ0n) is 18.7. The summed E-state index contributed by atoms with van der Waals surface area (Å²) >= 11 is 0. The maximum atomic E-state index is 13.5. The first-order valence-corrected chi connectivity index (χ1v) is 11.7. The fraction of sp³-hybridized carbons (Fsp3) is 0.423. The van der Waals surface area contributed by atoms with Crippen molar-refractivity contribution in [1.29, 1.82) is 0 Å². The van der Waals surface area contributed by atoms with Gasteiger partial charge in [0.15, 0.2) is 0 Å². The van der Waals surface area contributed by atoms with Crippen molar-refractivity contribution in [2.45, 2.75) is 44.1 Å². The third kappa shape index (κ3) is 5.25. The molecule has 4 rings (SSSR count). The fourth-order valence-corrected chi connectivity index (χ4v) is 5.10. The van der Waals surface area contributed by atoms with E-state index in [2.05, 4.69) is 5.32 Å². The molecule has 33 heavy (non-hydrogen) atoms. The van der Waals surface area contributed by atoms with Crippen LogP contribution in [-0.4, -0.2) is 46.9 Å². The van der Waals surface area contributed by atoms with E-state index in [1.807, 2.05) is 30.3 Å². The molecule has 1 aliphatic heterocycles. The van der Waals surface area contributed by atoms with E-state index in [9.17, 15) is 14.4 Å². The van der Waals surface area contributed by atoms with E-state index in [1.165, 1.54) is 12.1 Å². The molecule has 1 saturated heterocycles. The number of carboxylic acids is 1. The third-order valence-electron chi connectivity index (χ3n) is 7.09. The topological polar surface area (TPSA) is 113 Å². The van der Waals surface area contributed by atoms with Crippen LogP contribution in [0.5, 0.6) is 0 Å². The number of hydrogen-bond acceptors (Lipinski definition) is 4. The molecule has 2 aromatic rings. The van der Waals surface area contributed by atoms with Crippen molar-refractivity contribution in [2.24, 2.45) is 17.6 Å². The highest BCUT2D eigenvalue weighted by molar-refractivity contribution is 5.98. The Bertz CT molecular complexity index is 984. The van der Waals surface area contributed by atoms with Crippen LogP contribution < -0.4 is 11.1 Å². The summed E-state index contributed by atoms with van der Waals surface area (Å²) < 4.78 is 0. The first-order valence-electron chi connectivity index (χ1n) is 11.7. The molecule has 2 atom stereocenters. The number of amides is 2. The second-order valence-electron chi connectivity index (χ2n) is 9.17. The Morgan fingerprint density at radius 1 is 0.970 bits per heavy atom. The smallest absolute Gasteiger partial charge is 0.335 e. The molecule has 1 heterocycles. The van der Waals surface area contributed by atoms with Gasteiger partial charge in [0.2, 0.25) is 11.8 Å². The quantitative estimate of drug-likeness (QED) is 0.625. The molecule has 0 aromatic heterocycles. The van der Waals surface area contributed by atoms with Crippen LogP contribution in [0.4, 0.5) is 5.69 Å². The molecule has 2 aliphatic rings. The van der Waals surface area contributed by atoms with Gasteiger partial charge in [-0.2, -0.15) is 0 Å². The SMILES string of the molecule is NC[C@H]1CC[C@H](C(=O)N2C[C@@H](c3ccccc3)C[C@H]2C(=O)Nc2ccc(C(=O)O)cc2)CC1. The van der Waals surface area contributed by atoms with Crippen LogP contribution in [0.15, 0.2) is 54.6 Å². The zero-order chi connectivity index (χ0) is 23.4. The molecule has 0 unspecified atom stereocenters. The first kappa shape index (κ1) is 23.0. The van der Waals surface area contributed by atoms with Crippen LogP contribution in [0, 0.1) is 11.8 Å². The average Bonchev–Trinajstić information content (AvgIpc) is 3.30. The lowest BCUT2D eigenvalue weighted by molar-refractivity contribution is -0.141. The second kappa shape index (κ2) is 10.2. The normalized spacial score (nSPS) is 24.9. The van der Waals surface area contributed by atoms with Gasteiger partial charge in [-0.25, -0.2) is 4.79 Å². The summed E-state index contributed by atoms with van der Waals surface area (Å²) in [5.41, 5.74) is 7.61. The number of benzene rings is 2. The summed E-state index contributed by atoms with van der Waals surface area (Å²) in [7, 11) is 0. The lowest BCUT2D eigenvalue weighted by Crippen LogP contribution is -2.46. The molecule has 0 spiro atoms. The van der Waals surface area contributed by atoms with E-state index >= 15 is 0 Å². The fourth-order valence-electron chi connectivity index (χ4n) is 5.10. The number of nitrogens with one attached hydrogen (secondary N) is 1. The van der Waals surface area contributed by atoms with Crippen molar-refractivity contribution in [2.75, 3.05) is 18.4 Å². The largest absolute Gasteiger partial charge is 0.478 e. The average molecular weight is 450 g/mol. The summed E-state index contributed by atoms with van der Waals surface area (Å²) in [5, 5.41) is 12.0. The van der Waals surface area contributed by atoms with Crippen molar-refractivity contribution in [3.05, 3.63) is 65.7 Å². The first-order chi connectivity index (χ1) is 16.0. The summed E-state index contributed by atoms with van der Waals surface area (Å²) in [6.07, 6.45) is 4.11. The van der Waals surface area contributed by atoms with E-state index in [-0.39, 0.29) is 29.2 Å². The molecule has 0 bridgehead atoms. The minimum absolute atomic E-state index is 0.0604. The van der Waals surface area contributed by atoms with E-state index in [0.29, 0.717) is 31.1 Å². The van der Waals surface area contributed by atoms with E-state index in [4.69, 9.17) is 10.8 Å². The van der Waals surface area contributed by atoms with Gasteiger partial charge in [0, 0.05) is 24.1 Å². The van der Waals surface area contributed by atoms with Crippen LogP contribution in [-0.2, 0) is 9.59 Å². The predicted octanol–water partition coefficient (Wildman–Crippen LogP) is 3.47. The number of aromatic carboxylic acids is 1. The lowest BCUT2D eigenvalue weighted by atomic mass is 9.81. The Kier molecular flexibility index (Phi) is 7.08. The van der Waals surface area contributed by atoms with Gasteiger partial charge in [-0.15, -0.1) is 0 Å². The van der Waals surface area contributed by atoms with Crippen LogP contribution in [0.2, 0.25) is 0 Å². The van der Waals surface area contributed by atoms with Gasteiger partial charge >= 0.3 is 5.97 Å². The molecule has 7 heteroatoms. The number of anilines is 1. The van der Waals surface area contributed by atoms with Gasteiger partial charge in [0.25, 0.3) is 0 Å². The number of carbonyl (C=O) groups excluding carboxylic acids is 2. The highest BCUT2D eigenvalue weighted by Crippen LogP contribution is 2.36. The summed E-state index contributed by atoms with van der Waals surface area (Å²) in [5.74, 6) is -0.674. The number of carboxylic acid groups (broad SMARTS) is 1. The van der Waals surface area contributed by atoms with Gasteiger partial charge in [-0.05, 0) is 74.4 Å². The Morgan fingerprint density at radius 3 is 2.24 bits per heavy atom. The Balaban J connectivity index is 1.51. The number of nitrogens with zero attached hydrogens (tertiary/aromatic N) is 1. The molecule has 2 amide bonds. The monoisotopic (exact) mass is 449 g/mol. The van der Waals surface area contributed by atoms with E-state index in [1.54, 1.807) is 17.0 Å². The minimum Gasteiger partial charge on any atom is -0.478 e. The van der Waals surface area contributed by atoms with Crippen molar-refractivity contribution in [1.82, 2.24) is 4.90 Å². The number of likely N-dealkylation sites (tertiary alicyclic amines) is 1. The van der Waals surface area contributed by atoms with Crippen molar-refractivity contribution in [3.63, 3.8) is 0 Å².